The lowest BCUT2D eigenvalue weighted by Crippen LogP contribution is -2.26. The second kappa shape index (κ2) is 10.8. The van der Waals surface area contributed by atoms with E-state index in [-0.39, 0.29) is 5.82 Å². The number of aromatic carboxylic acids is 1. The number of hydrogen-bond acceptors (Lipinski definition) is 6. The van der Waals surface area contributed by atoms with Crippen LogP contribution in [0.25, 0.3) is 22.7 Å². The van der Waals surface area contributed by atoms with Crippen LogP contribution in [0.1, 0.15) is 94.2 Å². The van der Waals surface area contributed by atoms with Crippen molar-refractivity contribution in [1.82, 2.24) is 24.5 Å². The number of fused-ring (bicyclic) bond motifs is 1. The highest BCUT2D eigenvalue weighted by atomic mass is 16.4. The summed E-state index contributed by atoms with van der Waals surface area (Å²) in [6.07, 6.45) is 11.7. The van der Waals surface area contributed by atoms with Gasteiger partial charge in [0.05, 0.1) is 0 Å². The molecule has 8 heteroatoms. The molecule has 37 heavy (non-hydrogen) atoms. The molecule has 198 valence electrons. The zero-order chi connectivity index (χ0) is 26.1. The fourth-order valence-corrected chi connectivity index (χ4v) is 5.71. The Morgan fingerprint density at radius 1 is 1.11 bits per heavy atom. The van der Waals surface area contributed by atoms with E-state index in [9.17, 15) is 9.90 Å². The minimum atomic E-state index is -1.13. The predicted molar refractivity (Wildman–Crippen MR) is 146 cm³/mol. The number of imidazole rings is 1. The molecule has 0 bridgehead atoms. The number of carboxylic acid groups (broad SMARTS) is 1. The van der Waals surface area contributed by atoms with Gasteiger partial charge in [0.2, 0.25) is 5.82 Å². The van der Waals surface area contributed by atoms with Gasteiger partial charge in [0.1, 0.15) is 11.2 Å². The molecule has 5 rings (SSSR count). The van der Waals surface area contributed by atoms with Crippen molar-refractivity contribution in [2.24, 2.45) is 17.8 Å². The first-order valence-electron chi connectivity index (χ1n) is 14.0. The van der Waals surface area contributed by atoms with E-state index in [1.165, 1.54) is 50.5 Å². The Morgan fingerprint density at radius 3 is 2.51 bits per heavy atom. The minimum Gasteiger partial charge on any atom is -0.475 e. The van der Waals surface area contributed by atoms with E-state index in [0.29, 0.717) is 23.3 Å². The van der Waals surface area contributed by atoms with E-state index < -0.39 is 5.97 Å². The van der Waals surface area contributed by atoms with E-state index >= 15 is 0 Å². The molecule has 0 radical (unpaired) electrons. The maximum Gasteiger partial charge on any atom is 0.374 e. The van der Waals surface area contributed by atoms with Crippen LogP contribution in [0.5, 0.6) is 0 Å². The van der Waals surface area contributed by atoms with Crippen molar-refractivity contribution in [3.63, 3.8) is 0 Å². The van der Waals surface area contributed by atoms with Gasteiger partial charge in [0.15, 0.2) is 17.3 Å². The average molecular weight is 505 g/mol. The second-order valence-electron chi connectivity index (χ2n) is 11.7. The highest BCUT2D eigenvalue weighted by molar-refractivity contribution is 5.92. The molecule has 1 N–H and O–H groups in total. The summed E-state index contributed by atoms with van der Waals surface area (Å²) in [4.78, 5) is 32.7. The van der Waals surface area contributed by atoms with Crippen LogP contribution in [0.4, 0.5) is 5.82 Å². The molecule has 2 aliphatic carbocycles. The van der Waals surface area contributed by atoms with Crippen molar-refractivity contribution < 1.29 is 9.90 Å². The van der Waals surface area contributed by atoms with Crippen molar-refractivity contribution in [1.29, 1.82) is 0 Å². The highest BCUT2D eigenvalue weighted by Gasteiger charge is 2.27. The van der Waals surface area contributed by atoms with Crippen LogP contribution in [0, 0.1) is 17.8 Å². The Hall–Kier alpha value is -3.03. The quantitative estimate of drug-likeness (QED) is 0.372. The number of pyridine rings is 1. The second-order valence-corrected chi connectivity index (χ2v) is 11.7. The third kappa shape index (κ3) is 5.48. The highest BCUT2D eigenvalue weighted by Crippen LogP contribution is 2.36. The minimum absolute atomic E-state index is 0.204. The summed E-state index contributed by atoms with van der Waals surface area (Å²) in [6, 6.07) is 4.16. The third-order valence-electron chi connectivity index (χ3n) is 8.49. The van der Waals surface area contributed by atoms with Crippen LogP contribution in [0.3, 0.4) is 0 Å². The van der Waals surface area contributed by atoms with E-state index in [0.717, 1.165) is 48.4 Å². The predicted octanol–water partition coefficient (Wildman–Crippen LogP) is 6.16. The van der Waals surface area contributed by atoms with E-state index in [1.54, 1.807) is 0 Å². The molecule has 3 aromatic heterocycles. The molecular formula is C29H40N6O2. The molecule has 3 aromatic rings. The molecule has 0 atom stereocenters. The summed E-state index contributed by atoms with van der Waals surface area (Å²) in [7, 11) is 2.02. The normalized spacial score (nSPS) is 20.4. The van der Waals surface area contributed by atoms with Crippen LogP contribution < -0.4 is 4.90 Å². The first-order valence-corrected chi connectivity index (χ1v) is 14.0. The van der Waals surface area contributed by atoms with Crippen molar-refractivity contribution in [2.45, 2.75) is 84.6 Å². The number of anilines is 1. The van der Waals surface area contributed by atoms with Gasteiger partial charge < -0.3 is 14.6 Å². The molecule has 2 saturated carbocycles. The van der Waals surface area contributed by atoms with Gasteiger partial charge >= 0.3 is 5.97 Å². The lowest BCUT2D eigenvalue weighted by molar-refractivity contribution is 0.0684. The van der Waals surface area contributed by atoms with Crippen LogP contribution in [0.2, 0.25) is 0 Å². The van der Waals surface area contributed by atoms with Crippen LogP contribution in [0.15, 0.2) is 18.3 Å². The van der Waals surface area contributed by atoms with Gasteiger partial charge in [-0.2, -0.15) is 0 Å². The number of aromatic nitrogens is 5. The van der Waals surface area contributed by atoms with E-state index in [1.807, 2.05) is 19.3 Å². The molecule has 0 saturated heterocycles. The smallest absolute Gasteiger partial charge is 0.374 e. The number of hydrogen-bond donors (Lipinski definition) is 1. The number of rotatable bonds is 9. The average Bonchev–Trinajstić information content (AvgIpc) is 3.22. The summed E-state index contributed by atoms with van der Waals surface area (Å²) >= 11 is 0. The number of carbonyl (C=O) groups is 1. The molecule has 0 spiro atoms. The zero-order valence-corrected chi connectivity index (χ0v) is 22.7. The molecule has 0 unspecified atom stereocenters. The first kappa shape index (κ1) is 25.6. The molecule has 8 nitrogen and oxygen atoms in total. The van der Waals surface area contributed by atoms with Crippen molar-refractivity contribution in [3.8, 4) is 11.5 Å². The molecule has 2 aliphatic rings. The molecule has 0 aromatic carbocycles. The number of nitrogens with zero attached hydrogens (tertiary/aromatic N) is 6. The van der Waals surface area contributed by atoms with Gasteiger partial charge in [0, 0.05) is 26.3 Å². The molecule has 0 aliphatic heterocycles. The van der Waals surface area contributed by atoms with Gasteiger partial charge in [-0.05, 0) is 60.6 Å². The van der Waals surface area contributed by atoms with Crippen LogP contribution in [-0.2, 0) is 6.54 Å². The van der Waals surface area contributed by atoms with Crippen molar-refractivity contribution in [3.05, 3.63) is 29.7 Å². The topological polar surface area (TPSA) is 97.0 Å². The lowest BCUT2D eigenvalue weighted by atomic mass is 9.83. The molecule has 0 amide bonds. The van der Waals surface area contributed by atoms with Crippen molar-refractivity contribution >= 4 is 23.0 Å². The maximum atomic E-state index is 12.0. The fourth-order valence-electron chi connectivity index (χ4n) is 5.71. The largest absolute Gasteiger partial charge is 0.475 e. The summed E-state index contributed by atoms with van der Waals surface area (Å²) in [5.74, 6) is 2.50. The van der Waals surface area contributed by atoms with Gasteiger partial charge in [-0.25, -0.2) is 19.7 Å². The summed E-state index contributed by atoms with van der Waals surface area (Å²) in [5.41, 5.74) is 3.26. The SMILES string of the molecule is CC1CCC(Cn2c(-c3cc(C(C)C)ccn3)nc3nc(C(=O)O)nc(N(C)CCC4CCC4)c32)CC1. The standard InChI is InChI=1S/C29H40N6O2/c1-18(2)22-12-14-30-23(16-22)27-32-25-24(35(27)17-21-10-8-19(3)9-11-21)28(33-26(31-25)29(36)37)34(4)15-13-20-6-5-7-20/h12,14,16,18-21H,5-11,13,15,17H2,1-4H3,(H,36,37). The van der Waals surface area contributed by atoms with Crippen LogP contribution >= 0.6 is 0 Å². The number of carboxylic acids is 1. The Labute approximate surface area is 219 Å². The van der Waals surface area contributed by atoms with Gasteiger partial charge in [-0.3, -0.25) is 4.98 Å². The van der Waals surface area contributed by atoms with E-state index in [4.69, 9.17) is 9.97 Å². The zero-order valence-electron chi connectivity index (χ0n) is 22.7. The monoisotopic (exact) mass is 504 g/mol. The Morgan fingerprint density at radius 2 is 1.86 bits per heavy atom. The summed E-state index contributed by atoms with van der Waals surface area (Å²) in [5, 5.41) is 9.80. The molecule has 3 heterocycles. The summed E-state index contributed by atoms with van der Waals surface area (Å²) in [6.45, 7) is 8.33. The van der Waals surface area contributed by atoms with E-state index in [2.05, 4.69) is 46.3 Å². The third-order valence-corrected chi connectivity index (χ3v) is 8.49. The van der Waals surface area contributed by atoms with Crippen molar-refractivity contribution in [2.75, 3.05) is 18.5 Å². The first-order chi connectivity index (χ1) is 17.8. The van der Waals surface area contributed by atoms with Gasteiger partial charge in [0.25, 0.3) is 0 Å². The van der Waals surface area contributed by atoms with Crippen LogP contribution in [-0.4, -0.2) is 49.2 Å². The maximum absolute atomic E-state index is 12.0. The van der Waals surface area contributed by atoms with Gasteiger partial charge in [-0.15, -0.1) is 0 Å². The lowest BCUT2D eigenvalue weighted by Gasteiger charge is -2.29. The Kier molecular flexibility index (Phi) is 7.45. The van der Waals surface area contributed by atoms with Gasteiger partial charge in [-0.1, -0.05) is 52.9 Å². The molecular weight excluding hydrogens is 464 g/mol. The Bertz CT molecular complexity index is 1260. The summed E-state index contributed by atoms with van der Waals surface area (Å²) < 4.78 is 2.24. The fraction of sp³-hybridized carbons (Fsp3) is 0.621. The Balaban J connectivity index is 1.63. The molecule has 2 fully saturated rings.